The molecule has 12 heteroatoms. The van der Waals surface area contributed by atoms with Crippen LogP contribution < -0.4 is 5.32 Å². The molecule has 5 rings (SSSR count). The number of likely N-dealkylation sites (N-methyl/N-ethyl adjacent to an activating group) is 1. The van der Waals surface area contributed by atoms with Gasteiger partial charge in [-0.3, -0.25) is 9.69 Å². The molecule has 3 aliphatic rings. The summed E-state index contributed by atoms with van der Waals surface area (Å²) in [6.45, 7) is 10.5. The van der Waals surface area contributed by atoms with Crippen LogP contribution in [0.4, 0.5) is 9.59 Å². The van der Waals surface area contributed by atoms with Crippen molar-refractivity contribution in [2.75, 3.05) is 26.7 Å². The number of rotatable bonds is 4. The normalized spacial score (nSPS) is 22.5. The number of carbonyl (C=O) groups is 3. The first-order valence-electron chi connectivity index (χ1n) is 14.3. The molecule has 3 aliphatic heterocycles. The minimum atomic E-state index is -0.746. The van der Waals surface area contributed by atoms with E-state index < -0.39 is 29.9 Å². The van der Waals surface area contributed by atoms with Gasteiger partial charge in [0.1, 0.15) is 11.4 Å². The molecule has 42 heavy (non-hydrogen) atoms. The van der Waals surface area contributed by atoms with Gasteiger partial charge in [-0.1, -0.05) is 24.1 Å². The summed E-state index contributed by atoms with van der Waals surface area (Å²) in [6.07, 6.45) is 0.442. The molecule has 3 atom stereocenters. The molecule has 2 saturated heterocycles. The Bertz CT molecular complexity index is 1490. The van der Waals surface area contributed by atoms with Gasteiger partial charge in [0.15, 0.2) is 12.2 Å². The van der Waals surface area contributed by atoms with E-state index in [-0.39, 0.29) is 25.0 Å². The second-order valence-corrected chi connectivity index (χ2v) is 11.8. The Morgan fingerprint density at radius 1 is 1.19 bits per heavy atom. The third-order valence-electron chi connectivity index (χ3n) is 7.56. The second kappa shape index (κ2) is 11.5. The predicted molar refractivity (Wildman–Crippen MR) is 157 cm³/mol. The first-order chi connectivity index (χ1) is 20.0. The summed E-state index contributed by atoms with van der Waals surface area (Å²) >= 11 is 0. The number of alkyl carbamates (subject to hydrolysis) is 1. The number of hydrogen-bond acceptors (Lipinski definition) is 9. The molecule has 0 radical (unpaired) electrons. The molecule has 0 aliphatic carbocycles. The Balaban J connectivity index is 1.38. The lowest BCUT2D eigenvalue weighted by Crippen LogP contribution is -2.65. The van der Waals surface area contributed by atoms with Gasteiger partial charge < -0.3 is 24.8 Å². The minimum Gasteiger partial charge on any atom is -0.444 e. The van der Waals surface area contributed by atoms with Crippen LogP contribution >= 0.6 is 0 Å². The van der Waals surface area contributed by atoms with Crippen molar-refractivity contribution < 1.29 is 19.1 Å². The number of hydrogen-bond donors (Lipinski definition) is 1. The molecule has 1 aromatic carbocycles. The van der Waals surface area contributed by atoms with Crippen molar-refractivity contribution in [2.24, 2.45) is 4.99 Å². The van der Waals surface area contributed by atoms with Gasteiger partial charge in [0.25, 0.3) is 5.91 Å². The average Bonchev–Trinajstić information content (AvgIpc) is 3.32. The summed E-state index contributed by atoms with van der Waals surface area (Å²) in [5.41, 5.74) is 0.943. The third-order valence-corrected chi connectivity index (χ3v) is 7.56. The number of benzene rings is 1. The lowest BCUT2D eigenvalue weighted by atomic mass is 10.1. The number of carbonyl (C=O) groups excluding carboxylic acids is 3. The minimum absolute atomic E-state index is 0.0505. The molecule has 4 heterocycles. The summed E-state index contributed by atoms with van der Waals surface area (Å²) in [6, 6.07) is 6.30. The Morgan fingerprint density at radius 2 is 1.95 bits per heavy atom. The Kier molecular flexibility index (Phi) is 7.95. The Labute approximate surface area is 246 Å². The van der Waals surface area contributed by atoms with Gasteiger partial charge >= 0.3 is 12.1 Å². The first-order valence-corrected chi connectivity index (χ1v) is 14.3. The van der Waals surface area contributed by atoms with E-state index in [9.17, 15) is 14.4 Å². The SMILES string of the molecule is CC#CCN1C(N2CCC[C@H](NC(=O)OC(C)(C)C)C2)=NC2C1C(=O)N(Cc1nc(C)c3ccccc3n1)C(=O)N2C. The van der Waals surface area contributed by atoms with Crippen LogP contribution in [-0.2, 0) is 16.1 Å². The number of amides is 4. The van der Waals surface area contributed by atoms with Crippen LogP contribution in [0.5, 0.6) is 0 Å². The van der Waals surface area contributed by atoms with Crippen LogP contribution in [-0.4, -0.2) is 104 Å². The van der Waals surface area contributed by atoms with Crippen LogP contribution in [0.15, 0.2) is 29.3 Å². The van der Waals surface area contributed by atoms with E-state index in [0.717, 1.165) is 29.4 Å². The molecule has 1 aromatic heterocycles. The molecule has 222 valence electrons. The fourth-order valence-corrected chi connectivity index (χ4v) is 5.67. The number of nitrogens with zero attached hydrogens (tertiary/aromatic N) is 7. The molecule has 1 N–H and O–H groups in total. The van der Waals surface area contributed by atoms with Crippen LogP contribution in [0.1, 0.15) is 52.1 Å². The Morgan fingerprint density at radius 3 is 2.69 bits per heavy atom. The van der Waals surface area contributed by atoms with Gasteiger partial charge in [-0.2, -0.15) is 0 Å². The first kappa shape index (κ1) is 29.1. The second-order valence-electron chi connectivity index (χ2n) is 11.8. The largest absolute Gasteiger partial charge is 0.444 e. The highest BCUT2D eigenvalue weighted by molar-refractivity contribution is 6.03. The van der Waals surface area contributed by atoms with Crippen molar-refractivity contribution in [3.8, 4) is 11.8 Å². The van der Waals surface area contributed by atoms with Crippen LogP contribution in [0, 0.1) is 18.8 Å². The van der Waals surface area contributed by atoms with Crippen molar-refractivity contribution >= 4 is 34.9 Å². The molecule has 0 saturated carbocycles. The van der Waals surface area contributed by atoms with E-state index in [0.29, 0.717) is 24.9 Å². The molecule has 2 fully saturated rings. The monoisotopic (exact) mass is 574 g/mol. The van der Waals surface area contributed by atoms with Crippen molar-refractivity contribution in [1.29, 1.82) is 0 Å². The molecule has 0 bridgehead atoms. The number of ether oxygens (including phenoxy) is 1. The maximum absolute atomic E-state index is 14.0. The summed E-state index contributed by atoms with van der Waals surface area (Å²) in [5.74, 6) is 6.62. The topological polar surface area (TPSA) is 124 Å². The maximum Gasteiger partial charge on any atom is 0.407 e. The van der Waals surface area contributed by atoms with Gasteiger partial charge in [-0.05, 0) is 53.5 Å². The molecule has 2 unspecified atom stereocenters. The molecular formula is C30H38N8O4. The van der Waals surface area contributed by atoms with Gasteiger partial charge in [-0.25, -0.2) is 24.5 Å². The zero-order valence-corrected chi connectivity index (χ0v) is 25.0. The summed E-state index contributed by atoms with van der Waals surface area (Å²) < 4.78 is 5.45. The van der Waals surface area contributed by atoms with Crippen molar-refractivity contribution in [3.63, 3.8) is 0 Å². The molecule has 4 amide bonds. The van der Waals surface area contributed by atoms with Crippen LogP contribution in [0.25, 0.3) is 10.9 Å². The quantitative estimate of drug-likeness (QED) is 0.553. The number of aryl methyl sites for hydroxylation is 1. The number of piperidine rings is 1. The van der Waals surface area contributed by atoms with Crippen LogP contribution in [0.3, 0.4) is 0 Å². The number of urea groups is 1. The van der Waals surface area contributed by atoms with E-state index in [4.69, 9.17) is 9.73 Å². The van der Waals surface area contributed by atoms with E-state index in [2.05, 4.69) is 32.0 Å². The number of para-hydroxylation sites is 1. The number of likely N-dealkylation sites (tertiary alicyclic amines) is 1. The molecule has 2 aromatic rings. The summed E-state index contributed by atoms with van der Waals surface area (Å²) in [7, 11) is 1.66. The lowest BCUT2D eigenvalue weighted by Gasteiger charge is -2.42. The number of aliphatic imine (C=N–C) groups is 1. The number of aromatic nitrogens is 2. The third kappa shape index (κ3) is 5.82. The lowest BCUT2D eigenvalue weighted by molar-refractivity contribution is -0.138. The van der Waals surface area contributed by atoms with Gasteiger partial charge in [-0.15, -0.1) is 5.92 Å². The molecule has 0 spiro atoms. The fraction of sp³-hybridized carbons (Fsp3) is 0.533. The van der Waals surface area contributed by atoms with Crippen molar-refractivity contribution in [3.05, 3.63) is 35.8 Å². The fourth-order valence-electron chi connectivity index (χ4n) is 5.67. The van der Waals surface area contributed by atoms with Crippen LogP contribution in [0.2, 0.25) is 0 Å². The van der Waals surface area contributed by atoms with Gasteiger partial charge in [0.2, 0.25) is 5.96 Å². The zero-order chi connectivity index (χ0) is 30.2. The Hall–Kier alpha value is -4.40. The highest BCUT2D eigenvalue weighted by atomic mass is 16.6. The van der Waals surface area contributed by atoms with E-state index in [1.807, 2.05) is 56.9 Å². The molecule has 12 nitrogen and oxygen atoms in total. The maximum atomic E-state index is 14.0. The molecular weight excluding hydrogens is 536 g/mol. The van der Waals surface area contributed by atoms with E-state index in [1.165, 1.54) is 9.80 Å². The van der Waals surface area contributed by atoms with Gasteiger partial charge in [0.05, 0.1) is 18.6 Å². The highest BCUT2D eigenvalue weighted by Gasteiger charge is 2.53. The van der Waals surface area contributed by atoms with E-state index in [1.54, 1.807) is 14.0 Å². The average molecular weight is 575 g/mol. The standard InChI is InChI=1S/C30H38N8O4/c1-7-8-16-37-24-25(34-27(37)36-15-11-12-20(17-36)32-28(40)42-30(3,4)5)35(6)29(41)38(26(24)39)18-23-31-19(2)21-13-9-10-14-22(21)33-23/h9-10,13-14,20,24-25H,11-12,15-18H2,1-6H3,(H,32,40)/t20-,24?,25?/m0/s1. The number of imide groups is 1. The van der Waals surface area contributed by atoms with Crippen molar-refractivity contribution in [2.45, 2.75) is 77.9 Å². The van der Waals surface area contributed by atoms with Gasteiger partial charge in [0, 0.05) is 37.3 Å². The number of guanidine groups is 1. The summed E-state index contributed by atoms with van der Waals surface area (Å²) in [5, 5.41) is 3.89. The zero-order valence-electron chi connectivity index (χ0n) is 25.0. The van der Waals surface area contributed by atoms with E-state index >= 15 is 0 Å². The number of nitrogens with one attached hydrogen (secondary N) is 1. The summed E-state index contributed by atoms with van der Waals surface area (Å²) in [4.78, 5) is 60.8. The predicted octanol–water partition coefficient (Wildman–Crippen LogP) is 2.71. The van der Waals surface area contributed by atoms with Crippen molar-refractivity contribution in [1.82, 2.24) is 34.9 Å². The highest BCUT2D eigenvalue weighted by Crippen LogP contribution is 2.30. The smallest absolute Gasteiger partial charge is 0.407 e. The number of fused-ring (bicyclic) bond motifs is 2.